The number of nitrogens with two attached hydrogens (primary N) is 2. The molecule has 5 nitrogen and oxygen atoms in total. The standard InChI is InChI=1S/C20H27FN4O/c1-13(23)7-18(8-16(10-22)12-24-11-15-3-4-15)25-20-6-5-17(21)9-19(20)14(2)26/h5-7,9-10,12,14-15,26H,3-4,8,11,22-23H2,1-2H3. The smallest absolute Gasteiger partial charge is 0.123 e. The van der Waals surface area contributed by atoms with Crippen molar-refractivity contribution in [3.63, 3.8) is 0 Å². The van der Waals surface area contributed by atoms with Gasteiger partial charge in [-0.2, -0.15) is 0 Å². The predicted octanol–water partition coefficient (Wildman–Crippen LogP) is 3.53. The van der Waals surface area contributed by atoms with Gasteiger partial charge in [-0.05, 0) is 68.7 Å². The number of nitrogens with zero attached hydrogens (tertiary/aromatic N) is 2. The maximum atomic E-state index is 13.5. The summed E-state index contributed by atoms with van der Waals surface area (Å²) in [5.41, 5.74) is 14.5. The lowest BCUT2D eigenvalue weighted by atomic mass is 10.1. The van der Waals surface area contributed by atoms with Crippen molar-refractivity contribution in [2.75, 3.05) is 6.54 Å². The third-order valence-corrected chi connectivity index (χ3v) is 4.01. The maximum absolute atomic E-state index is 13.5. The SMILES string of the molecule is CC(N)=CC(CC(C=NCC1CC1)=CN)=Nc1ccc(F)cc1C(C)O. The van der Waals surface area contributed by atoms with Crippen LogP contribution in [0.2, 0.25) is 0 Å². The summed E-state index contributed by atoms with van der Waals surface area (Å²) >= 11 is 0. The van der Waals surface area contributed by atoms with Gasteiger partial charge in [-0.1, -0.05) is 0 Å². The Bertz CT molecular complexity index is 742. The van der Waals surface area contributed by atoms with Crippen LogP contribution in [0.4, 0.5) is 10.1 Å². The Hall–Kier alpha value is -2.47. The van der Waals surface area contributed by atoms with E-state index in [0.717, 1.165) is 12.1 Å². The maximum Gasteiger partial charge on any atom is 0.123 e. The van der Waals surface area contributed by atoms with Crippen LogP contribution >= 0.6 is 0 Å². The van der Waals surface area contributed by atoms with Crippen LogP contribution in [0, 0.1) is 11.7 Å². The first kappa shape index (κ1) is 19.8. The number of hydrogen-bond donors (Lipinski definition) is 3. The van der Waals surface area contributed by atoms with Crippen molar-refractivity contribution in [3.05, 3.63) is 53.1 Å². The van der Waals surface area contributed by atoms with Crippen molar-refractivity contribution < 1.29 is 9.50 Å². The Labute approximate surface area is 154 Å². The Balaban J connectivity index is 2.27. The minimum Gasteiger partial charge on any atom is -0.404 e. The molecule has 0 amide bonds. The zero-order chi connectivity index (χ0) is 19.1. The Kier molecular flexibility index (Phi) is 7.09. The number of benzene rings is 1. The molecule has 0 bridgehead atoms. The van der Waals surface area contributed by atoms with E-state index in [2.05, 4.69) is 9.98 Å². The molecule has 0 aromatic heterocycles. The van der Waals surface area contributed by atoms with Gasteiger partial charge >= 0.3 is 0 Å². The van der Waals surface area contributed by atoms with E-state index in [0.29, 0.717) is 35.0 Å². The summed E-state index contributed by atoms with van der Waals surface area (Å²) in [5.74, 6) is 0.291. The number of hydrogen-bond acceptors (Lipinski definition) is 5. The third kappa shape index (κ3) is 6.44. The van der Waals surface area contributed by atoms with Crippen molar-refractivity contribution >= 4 is 17.6 Å². The van der Waals surface area contributed by atoms with E-state index in [-0.39, 0.29) is 0 Å². The van der Waals surface area contributed by atoms with Crippen molar-refractivity contribution in [2.24, 2.45) is 27.4 Å². The summed E-state index contributed by atoms with van der Waals surface area (Å²) in [5, 5.41) is 9.90. The lowest BCUT2D eigenvalue weighted by Crippen LogP contribution is -2.05. The number of allylic oxidation sites excluding steroid dienone is 3. The molecule has 26 heavy (non-hydrogen) atoms. The van der Waals surface area contributed by atoms with Gasteiger partial charge in [0.15, 0.2) is 0 Å². The molecule has 0 radical (unpaired) electrons. The number of aliphatic hydroxyl groups excluding tert-OH is 1. The van der Waals surface area contributed by atoms with Gasteiger partial charge in [0.1, 0.15) is 5.82 Å². The molecule has 1 fully saturated rings. The molecule has 0 heterocycles. The predicted molar refractivity (Wildman–Crippen MR) is 105 cm³/mol. The zero-order valence-electron chi connectivity index (χ0n) is 15.3. The van der Waals surface area contributed by atoms with Crippen molar-refractivity contribution in [1.29, 1.82) is 0 Å². The number of rotatable bonds is 8. The monoisotopic (exact) mass is 358 g/mol. The lowest BCUT2D eigenvalue weighted by Gasteiger charge is -2.11. The summed E-state index contributed by atoms with van der Waals surface area (Å²) in [6.45, 7) is 4.16. The van der Waals surface area contributed by atoms with Gasteiger partial charge in [0.25, 0.3) is 0 Å². The molecule has 0 aliphatic heterocycles. The average molecular weight is 358 g/mol. The van der Waals surface area contributed by atoms with Gasteiger partial charge in [-0.3, -0.25) is 9.98 Å². The molecule has 0 spiro atoms. The fourth-order valence-electron chi connectivity index (χ4n) is 2.48. The molecular formula is C20H27FN4O. The minimum absolute atomic E-state index is 0.415. The molecule has 1 aromatic rings. The quantitative estimate of drug-likeness (QED) is 0.620. The van der Waals surface area contributed by atoms with Crippen LogP contribution in [0.25, 0.3) is 0 Å². The highest BCUT2D eigenvalue weighted by Gasteiger charge is 2.19. The third-order valence-electron chi connectivity index (χ3n) is 4.01. The van der Waals surface area contributed by atoms with E-state index in [1.54, 1.807) is 32.2 Å². The van der Waals surface area contributed by atoms with Gasteiger partial charge in [0.2, 0.25) is 0 Å². The number of aliphatic hydroxyl groups is 1. The molecule has 1 aliphatic rings. The topological polar surface area (TPSA) is 97.0 Å². The highest BCUT2D eigenvalue weighted by atomic mass is 19.1. The van der Waals surface area contributed by atoms with Crippen molar-refractivity contribution in [2.45, 2.75) is 39.2 Å². The van der Waals surface area contributed by atoms with Crippen LogP contribution in [-0.2, 0) is 0 Å². The van der Waals surface area contributed by atoms with Gasteiger partial charge in [-0.15, -0.1) is 0 Å². The van der Waals surface area contributed by atoms with E-state index in [4.69, 9.17) is 11.5 Å². The Morgan fingerprint density at radius 2 is 2.15 bits per heavy atom. The van der Waals surface area contributed by atoms with E-state index in [1.807, 2.05) is 0 Å². The summed E-state index contributed by atoms with van der Waals surface area (Å²) in [6, 6.07) is 4.15. The second-order valence-electron chi connectivity index (χ2n) is 6.73. The molecule has 1 aromatic carbocycles. The summed E-state index contributed by atoms with van der Waals surface area (Å²) in [7, 11) is 0. The highest BCUT2D eigenvalue weighted by molar-refractivity contribution is 6.02. The molecule has 1 unspecified atom stereocenters. The van der Waals surface area contributed by atoms with Crippen LogP contribution < -0.4 is 11.5 Å². The second kappa shape index (κ2) is 9.29. The zero-order valence-corrected chi connectivity index (χ0v) is 15.3. The second-order valence-corrected chi connectivity index (χ2v) is 6.73. The largest absolute Gasteiger partial charge is 0.404 e. The molecule has 5 N–H and O–H groups in total. The van der Waals surface area contributed by atoms with Crippen LogP contribution in [0.3, 0.4) is 0 Å². The molecular weight excluding hydrogens is 331 g/mol. The van der Waals surface area contributed by atoms with Gasteiger partial charge < -0.3 is 16.6 Å². The first-order chi connectivity index (χ1) is 12.4. The lowest BCUT2D eigenvalue weighted by molar-refractivity contribution is 0.199. The number of halogens is 1. The van der Waals surface area contributed by atoms with E-state index in [1.165, 1.54) is 31.2 Å². The Morgan fingerprint density at radius 1 is 1.42 bits per heavy atom. The molecule has 1 saturated carbocycles. The van der Waals surface area contributed by atoms with Crippen molar-refractivity contribution in [1.82, 2.24) is 0 Å². The fraction of sp³-hybridized carbons (Fsp3) is 0.400. The molecule has 6 heteroatoms. The summed E-state index contributed by atoms with van der Waals surface area (Å²) in [6.07, 6.45) is 7.11. The molecule has 1 atom stereocenters. The van der Waals surface area contributed by atoms with Gasteiger partial charge in [0.05, 0.1) is 11.8 Å². The summed E-state index contributed by atoms with van der Waals surface area (Å²) < 4.78 is 13.5. The Morgan fingerprint density at radius 3 is 2.73 bits per heavy atom. The fourth-order valence-corrected chi connectivity index (χ4v) is 2.48. The van der Waals surface area contributed by atoms with E-state index >= 15 is 0 Å². The van der Waals surface area contributed by atoms with Crippen LogP contribution in [0.1, 0.15) is 44.8 Å². The first-order valence-corrected chi connectivity index (χ1v) is 8.78. The van der Waals surface area contributed by atoms with Crippen LogP contribution in [0.5, 0.6) is 0 Å². The molecule has 1 aliphatic carbocycles. The van der Waals surface area contributed by atoms with Crippen LogP contribution in [-0.4, -0.2) is 23.6 Å². The highest BCUT2D eigenvalue weighted by Crippen LogP contribution is 2.29. The van der Waals surface area contributed by atoms with Crippen molar-refractivity contribution in [3.8, 4) is 0 Å². The first-order valence-electron chi connectivity index (χ1n) is 8.78. The minimum atomic E-state index is -0.835. The molecule has 140 valence electrons. The average Bonchev–Trinajstić information content (AvgIpc) is 3.39. The van der Waals surface area contributed by atoms with Crippen LogP contribution in [0.15, 0.2) is 51.7 Å². The van der Waals surface area contributed by atoms with E-state index in [9.17, 15) is 9.50 Å². The van der Waals surface area contributed by atoms with Gasteiger partial charge in [0, 0.05) is 36.2 Å². The normalized spacial score (nSPS) is 17.8. The van der Waals surface area contributed by atoms with E-state index < -0.39 is 11.9 Å². The van der Waals surface area contributed by atoms with Gasteiger partial charge in [-0.25, -0.2) is 4.39 Å². The summed E-state index contributed by atoms with van der Waals surface area (Å²) in [4.78, 5) is 9.01. The molecule has 2 rings (SSSR count). The number of aliphatic imine (C=N–C) groups is 2. The molecule has 0 saturated heterocycles.